The number of hydrogen-bond donors (Lipinski definition) is 5. The third kappa shape index (κ3) is 5.64. The summed E-state index contributed by atoms with van der Waals surface area (Å²) < 4.78 is 20.2. The van der Waals surface area contributed by atoms with Gasteiger partial charge in [0.2, 0.25) is 5.91 Å². The molecule has 0 bridgehead atoms. The number of phosphoric acid groups is 1. The van der Waals surface area contributed by atoms with Crippen LogP contribution in [0.1, 0.15) is 5.56 Å². The van der Waals surface area contributed by atoms with E-state index in [1.165, 1.54) is 0 Å². The highest BCUT2D eigenvalue weighted by Crippen LogP contribution is 2.37. The van der Waals surface area contributed by atoms with Crippen LogP contribution in [0.15, 0.2) is 30.3 Å². The molecule has 1 aliphatic rings. The zero-order valence-corrected chi connectivity index (χ0v) is 13.6. The van der Waals surface area contributed by atoms with E-state index in [9.17, 15) is 19.6 Å². The van der Waals surface area contributed by atoms with E-state index >= 15 is 0 Å². The van der Waals surface area contributed by atoms with Crippen LogP contribution in [0.3, 0.4) is 0 Å². The highest BCUT2D eigenvalue weighted by molar-refractivity contribution is 7.46. The molecule has 10 heteroatoms. The molecule has 0 saturated carbocycles. The van der Waals surface area contributed by atoms with Gasteiger partial charge < -0.3 is 30.1 Å². The summed E-state index contributed by atoms with van der Waals surface area (Å²) in [5.41, 5.74) is 0.829. The lowest BCUT2D eigenvalue weighted by Crippen LogP contribution is -2.40. The molecule has 2 rings (SSSR count). The van der Waals surface area contributed by atoms with Gasteiger partial charge >= 0.3 is 7.82 Å². The fourth-order valence-corrected chi connectivity index (χ4v) is 2.70. The van der Waals surface area contributed by atoms with Gasteiger partial charge in [-0.3, -0.25) is 9.32 Å². The summed E-state index contributed by atoms with van der Waals surface area (Å²) in [4.78, 5) is 29.1. The minimum absolute atomic E-state index is 0.0453. The lowest BCUT2D eigenvalue weighted by Gasteiger charge is -2.15. The van der Waals surface area contributed by atoms with Crippen LogP contribution in [0.4, 0.5) is 0 Å². The number of benzene rings is 1. The lowest BCUT2D eigenvalue weighted by molar-refractivity contribution is -0.121. The molecule has 0 unspecified atom stereocenters. The first-order chi connectivity index (χ1) is 11.3. The molecule has 1 fully saturated rings. The van der Waals surface area contributed by atoms with Gasteiger partial charge in [0.15, 0.2) is 0 Å². The number of phosphoric ester groups is 1. The largest absolute Gasteiger partial charge is 0.469 e. The second-order valence-corrected chi connectivity index (χ2v) is 6.69. The summed E-state index contributed by atoms with van der Waals surface area (Å²) >= 11 is 0. The van der Waals surface area contributed by atoms with Crippen LogP contribution in [-0.2, 0) is 25.0 Å². The van der Waals surface area contributed by atoms with Gasteiger partial charge in [-0.1, -0.05) is 30.3 Å². The van der Waals surface area contributed by atoms with Gasteiger partial charge in [0, 0.05) is 6.54 Å². The molecule has 0 spiro atoms. The number of aliphatic hydroxyl groups excluding tert-OH is 2. The highest BCUT2D eigenvalue weighted by Gasteiger charge is 2.43. The molecule has 9 nitrogen and oxygen atoms in total. The Bertz CT molecular complexity index is 592. The Hall–Kier alpha value is -1.32. The number of carbonyl (C=O) groups excluding carboxylic acids is 1. The normalized spacial score (nSPS) is 27.2. The van der Waals surface area contributed by atoms with Crippen LogP contribution in [0.2, 0.25) is 0 Å². The SMILES string of the molecule is O=C(Cc1ccccc1)NC[C@@H]1O[C@H](COP(=O)(O)O)[C@@H](O)[C@H]1O. The van der Waals surface area contributed by atoms with Gasteiger partial charge in [-0.2, -0.15) is 0 Å². The van der Waals surface area contributed by atoms with Crippen molar-refractivity contribution in [1.82, 2.24) is 5.32 Å². The number of amides is 1. The quantitative estimate of drug-likeness (QED) is 0.387. The smallest absolute Gasteiger partial charge is 0.388 e. The third-order valence-electron chi connectivity index (χ3n) is 3.58. The molecule has 0 radical (unpaired) electrons. The number of ether oxygens (including phenoxy) is 1. The fourth-order valence-electron chi connectivity index (χ4n) is 2.36. The molecule has 4 atom stereocenters. The summed E-state index contributed by atoms with van der Waals surface area (Å²) in [6.07, 6.45) is -4.49. The standard InChI is InChI=1S/C14H20NO8P/c16-12(6-9-4-2-1-3-5-9)15-7-10-13(17)14(18)11(23-10)8-22-24(19,20)21/h1-5,10-11,13-14,17-18H,6-8H2,(H,15,16)(H2,19,20,21)/t10-,11+,13-,14+/m0/s1. The first-order valence-corrected chi connectivity index (χ1v) is 8.81. The van der Waals surface area contributed by atoms with E-state index in [0.717, 1.165) is 5.56 Å². The summed E-state index contributed by atoms with van der Waals surface area (Å²) in [6.45, 7) is -0.618. The van der Waals surface area contributed by atoms with Crippen molar-refractivity contribution < 1.29 is 38.6 Å². The Balaban J connectivity index is 1.80. The zero-order chi connectivity index (χ0) is 17.7. The van der Waals surface area contributed by atoms with Crippen molar-refractivity contribution >= 4 is 13.7 Å². The maximum atomic E-state index is 11.9. The fraction of sp³-hybridized carbons (Fsp3) is 0.500. The van der Waals surface area contributed by atoms with E-state index in [4.69, 9.17) is 14.5 Å². The van der Waals surface area contributed by atoms with E-state index in [1.54, 1.807) is 12.1 Å². The van der Waals surface area contributed by atoms with E-state index in [1.807, 2.05) is 18.2 Å². The summed E-state index contributed by atoms with van der Waals surface area (Å²) in [5.74, 6) is -0.276. The molecular formula is C14H20NO8P. The number of aliphatic hydroxyl groups is 2. The maximum absolute atomic E-state index is 11.9. The molecule has 5 N–H and O–H groups in total. The molecule has 1 saturated heterocycles. The molecule has 0 aromatic heterocycles. The molecule has 1 amide bonds. The second kappa shape index (κ2) is 8.17. The first-order valence-electron chi connectivity index (χ1n) is 7.28. The average Bonchev–Trinajstić information content (AvgIpc) is 2.79. The van der Waals surface area contributed by atoms with Gasteiger partial charge in [-0.15, -0.1) is 0 Å². The van der Waals surface area contributed by atoms with Crippen LogP contribution in [0.25, 0.3) is 0 Å². The van der Waals surface area contributed by atoms with Crippen molar-refractivity contribution in [3.05, 3.63) is 35.9 Å². The Kier molecular flexibility index (Phi) is 6.47. The van der Waals surface area contributed by atoms with E-state index in [0.29, 0.717) is 0 Å². The highest BCUT2D eigenvalue weighted by atomic mass is 31.2. The number of hydrogen-bond acceptors (Lipinski definition) is 6. The number of carbonyl (C=O) groups is 1. The lowest BCUT2D eigenvalue weighted by atomic mass is 10.1. The minimum Gasteiger partial charge on any atom is -0.388 e. The van der Waals surface area contributed by atoms with Crippen LogP contribution >= 0.6 is 7.82 Å². The Morgan fingerprint density at radius 2 is 1.79 bits per heavy atom. The predicted molar refractivity (Wildman–Crippen MR) is 81.8 cm³/mol. The topological polar surface area (TPSA) is 146 Å². The average molecular weight is 361 g/mol. The second-order valence-electron chi connectivity index (χ2n) is 5.45. The molecule has 1 aliphatic heterocycles. The molecular weight excluding hydrogens is 341 g/mol. The van der Waals surface area contributed by atoms with Gasteiger partial charge in [0.25, 0.3) is 0 Å². The monoisotopic (exact) mass is 361 g/mol. The molecule has 24 heavy (non-hydrogen) atoms. The van der Waals surface area contributed by atoms with Crippen LogP contribution in [-0.4, -0.2) is 63.5 Å². The van der Waals surface area contributed by atoms with Crippen LogP contribution < -0.4 is 5.32 Å². The van der Waals surface area contributed by atoms with Crippen molar-refractivity contribution in [2.75, 3.05) is 13.2 Å². The molecule has 0 aliphatic carbocycles. The van der Waals surface area contributed by atoms with Crippen molar-refractivity contribution in [2.24, 2.45) is 0 Å². The van der Waals surface area contributed by atoms with Gasteiger partial charge in [0.1, 0.15) is 24.4 Å². The predicted octanol–water partition coefficient (Wildman–Crippen LogP) is -1.06. The first kappa shape index (κ1) is 19.0. The van der Waals surface area contributed by atoms with Crippen molar-refractivity contribution in [3.63, 3.8) is 0 Å². The van der Waals surface area contributed by atoms with Crippen LogP contribution in [0.5, 0.6) is 0 Å². The van der Waals surface area contributed by atoms with E-state index in [2.05, 4.69) is 9.84 Å². The number of rotatable bonds is 7. The Morgan fingerprint density at radius 1 is 1.17 bits per heavy atom. The Morgan fingerprint density at radius 3 is 2.42 bits per heavy atom. The molecule has 1 aromatic carbocycles. The van der Waals surface area contributed by atoms with E-state index in [-0.39, 0.29) is 18.9 Å². The third-order valence-corrected chi connectivity index (χ3v) is 4.06. The van der Waals surface area contributed by atoms with Gasteiger partial charge in [0.05, 0.1) is 13.0 Å². The molecule has 134 valence electrons. The summed E-state index contributed by atoms with van der Waals surface area (Å²) in [7, 11) is -4.70. The van der Waals surface area contributed by atoms with Crippen molar-refractivity contribution in [3.8, 4) is 0 Å². The van der Waals surface area contributed by atoms with E-state index < -0.39 is 38.8 Å². The Labute approximate surface area is 138 Å². The van der Waals surface area contributed by atoms with Crippen molar-refractivity contribution in [1.29, 1.82) is 0 Å². The van der Waals surface area contributed by atoms with Crippen molar-refractivity contribution in [2.45, 2.75) is 30.8 Å². The summed E-state index contributed by atoms with van der Waals surface area (Å²) in [5, 5.41) is 22.3. The molecule has 1 heterocycles. The zero-order valence-electron chi connectivity index (χ0n) is 12.7. The van der Waals surface area contributed by atoms with Crippen LogP contribution in [0, 0.1) is 0 Å². The van der Waals surface area contributed by atoms with Gasteiger partial charge in [-0.05, 0) is 5.56 Å². The molecule has 1 aromatic rings. The number of nitrogens with one attached hydrogen (secondary N) is 1. The van der Waals surface area contributed by atoms with Gasteiger partial charge in [-0.25, -0.2) is 4.57 Å². The summed E-state index contributed by atoms with van der Waals surface area (Å²) in [6, 6.07) is 9.08. The minimum atomic E-state index is -4.70. The maximum Gasteiger partial charge on any atom is 0.469 e.